The molecule has 1 atom stereocenters. The normalized spacial score (nSPS) is 12.2. The van der Waals surface area contributed by atoms with E-state index < -0.39 is 0 Å². The molecule has 94 valence electrons. The summed E-state index contributed by atoms with van der Waals surface area (Å²) < 4.78 is 5.03. The third-order valence-electron chi connectivity index (χ3n) is 2.43. The predicted octanol–water partition coefficient (Wildman–Crippen LogP) is 1.13. The van der Waals surface area contributed by atoms with Crippen LogP contribution in [0.4, 0.5) is 5.82 Å². The summed E-state index contributed by atoms with van der Waals surface area (Å²) in [6, 6.07) is 3.30. The summed E-state index contributed by atoms with van der Waals surface area (Å²) in [5.41, 5.74) is 6.87. The number of aromatic nitrogens is 1. The van der Waals surface area contributed by atoms with Crippen LogP contribution in [0.15, 0.2) is 12.1 Å². The van der Waals surface area contributed by atoms with Crippen LogP contribution in [0.5, 0.6) is 0 Å². The Bertz CT molecular complexity index is 373. The van der Waals surface area contributed by atoms with E-state index in [0.29, 0.717) is 18.0 Å². The Morgan fingerprint density at radius 3 is 2.82 bits per heavy atom. The van der Waals surface area contributed by atoms with E-state index in [1.165, 1.54) is 0 Å². The molecule has 0 bridgehead atoms. The molecular weight excluding hydrogens is 218 g/mol. The van der Waals surface area contributed by atoms with Crippen LogP contribution < -0.4 is 11.1 Å². The van der Waals surface area contributed by atoms with Crippen molar-refractivity contribution < 1.29 is 9.53 Å². The van der Waals surface area contributed by atoms with Crippen molar-refractivity contribution in [2.75, 3.05) is 19.5 Å². The number of carbonyl (C=O) groups is 1. The number of anilines is 1. The van der Waals surface area contributed by atoms with Crippen molar-refractivity contribution in [2.45, 2.75) is 26.3 Å². The zero-order valence-electron chi connectivity index (χ0n) is 10.5. The number of nitrogens with one attached hydrogen (secondary N) is 1. The van der Waals surface area contributed by atoms with Gasteiger partial charge in [0, 0.05) is 18.4 Å². The molecule has 0 saturated heterocycles. The lowest BCUT2D eigenvalue weighted by molar-refractivity contribution is 0.0894. The smallest absolute Gasteiger partial charge is 0.251 e. The maximum Gasteiger partial charge on any atom is 0.251 e. The molecule has 0 aromatic carbocycles. The van der Waals surface area contributed by atoms with Crippen LogP contribution in [0, 0.1) is 6.92 Å². The molecule has 0 radical (unpaired) electrons. The quantitative estimate of drug-likeness (QED) is 0.804. The zero-order valence-corrected chi connectivity index (χ0v) is 10.5. The molecule has 1 rings (SSSR count). The summed E-state index contributed by atoms with van der Waals surface area (Å²) in [4.78, 5) is 16.0. The van der Waals surface area contributed by atoms with Crippen molar-refractivity contribution in [3.05, 3.63) is 23.4 Å². The van der Waals surface area contributed by atoms with E-state index >= 15 is 0 Å². The molecule has 5 nitrogen and oxygen atoms in total. The summed E-state index contributed by atoms with van der Waals surface area (Å²) in [5.74, 6) is 0.209. The number of pyridine rings is 1. The monoisotopic (exact) mass is 237 g/mol. The van der Waals surface area contributed by atoms with Crippen LogP contribution in [0.3, 0.4) is 0 Å². The number of methoxy groups -OCH3 is 1. The molecule has 0 aliphatic heterocycles. The van der Waals surface area contributed by atoms with Crippen LogP contribution in [0.25, 0.3) is 0 Å². The van der Waals surface area contributed by atoms with Crippen molar-refractivity contribution in [1.29, 1.82) is 0 Å². The number of rotatable bonds is 5. The van der Waals surface area contributed by atoms with Gasteiger partial charge in [-0.2, -0.15) is 0 Å². The number of nitrogens with two attached hydrogens (primary N) is 1. The third-order valence-corrected chi connectivity index (χ3v) is 2.43. The lowest BCUT2D eigenvalue weighted by Gasteiger charge is -2.16. The molecule has 0 saturated carbocycles. The van der Waals surface area contributed by atoms with Gasteiger partial charge in [0.05, 0.1) is 12.6 Å². The molecule has 0 aliphatic rings. The Hall–Kier alpha value is -1.62. The molecule has 1 aromatic heterocycles. The Labute approximate surface area is 101 Å². The third kappa shape index (κ3) is 4.03. The molecular formula is C12H19N3O2. The highest BCUT2D eigenvalue weighted by Crippen LogP contribution is 2.07. The molecule has 5 heteroatoms. The lowest BCUT2D eigenvalue weighted by atomic mass is 10.2. The second-order valence-electron chi connectivity index (χ2n) is 3.96. The molecule has 1 unspecified atom stereocenters. The first-order valence-electron chi connectivity index (χ1n) is 5.60. The molecule has 17 heavy (non-hydrogen) atoms. The number of aryl methyl sites for hydroxylation is 1. The fourth-order valence-corrected chi connectivity index (χ4v) is 1.56. The first-order valence-corrected chi connectivity index (χ1v) is 5.60. The first kappa shape index (κ1) is 13.4. The van der Waals surface area contributed by atoms with Crippen LogP contribution >= 0.6 is 0 Å². The van der Waals surface area contributed by atoms with Gasteiger partial charge in [0.25, 0.3) is 5.91 Å². The second kappa shape index (κ2) is 6.20. The van der Waals surface area contributed by atoms with Gasteiger partial charge in [0.2, 0.25) is 0 Å². The maximum absolute atomic E-state index is 11.9. The molecule has 1 heterocycles. The topological polar surface area (TPSA) is 77.2 Å². The van der Waals surface area contributed by atoms with E-state index in [2.05, 4.69) is 10.3 Å². The number of amides is 1. The highest BCUT2D eigenvalue weighted by molar-refractivity contribution is 5.95. The van der Waals surface area contributed by atoms with Crippen LogP contribution in [0.2, 0.25) is 0 Å². The van der Waals surface area contributed by atoms with Gasteiger partial charge in [-0.05, 0) is 25.5 Å². The largest absolute Gasteiger partial charge is 0.384 e. The number of hydrogen-bond donors (Lipinski definition) is 2. The van der Waals surface area contributed by atoms with Crippen LogP contribution in [0.1, 0.15) is 29.4 Å². The highest BCUT2D eigenvalue weighted by Gasteiger charge is 2.12. The summed E-state index contributed by atoms with van der Waals surface area (Å²) in [7, 11) is 1.61. The molecule has 0 fully saturated rings. The minimum atomic E-state index is -0.147. The average molecular weight is 237 g/mol. The van der Waals surface area contributed by atoms with E-state index in [1.54, 1.807) is 26.2 Å². The Kier molecular flexibility index (Phi) is 4.90. The zero-order chi connectivity index (χ0) is 12.8. The van der Waals surface area contributed by atoms with Gasteiger partial charge in [0.1, 0.15) is 5.82 Å². The standard InChI is InChI=1S/C12H19N3O2/c1-4-10(7-17-3)15-12(16)9-5-8(2)14-11(13)6-9/h5-6,10H,4,7H2,1-3H3,(H2,13,14)(H,15,16). The lowest BCUT2D eigenvalue weighted by Crippen LogP contribution is -2.37. The van der Waals surface area contributed by atoms with Gasteiger partial charge in [-0.25, -0.2) is 4.98 Å². The fraction of sp³-hybridized carbons (Fsp3) is 0.500. The maximum atomic E-state index is 11.9. The number of hydrogen-bond acceptors (Lipinski definition) is 4. The van der Waals surface area contributed by atoms with Crippen molar-refractivity contribution in [3.8, 4) is 0 Å². The summed E-state index contributed by atoms with van der Waals surface area (Å²) >= 11 is 0. The van der Waals surface area contributed by atoms with Crippen LogP contribution in [-0.4, -0.2) is 30.6 Å². The SMILES string of the molecule is CCC(COC)NC(=O)c1cc(C)nc(N)c1. The van der Waals surface area contributed by atoms with Gasteiger partial charge in [-0.3, -0.25) is 4.79 Å². The van der Waals surface area contributed by atoms with E-state index in [1.807, 2.05) is 6.92 Å². The summed E-state index contributed by atoms with van der Waals surface area (Å²) in [6.07, 6.45) is 0.819. The summed E-state index contributed by atoms with van der Waals surface area (Å²) in [6.45, 7) is 4.30. The molecule has 0 spiro atoms. The molecule has 3 N–H and O–H groups in total. The van der Waals surface area contributed by atoms with Gasteiger partial charge in [-0.15, -0.1) is 0 Å². The molecule has 0 aliphatic carbocycles. The van der Waals surface area contributed by atoms with Gasteiger partial charge in [0.15, 0.2) is 0 Å². The Balaban J connectivity index is 2.75. The molecule has 1 aromatic rings. The van der Waals surface area contributed by atoms with Crippen LogP contribution in [-0.2, 0) is 4.74 Å². The van der Waals surface area contributed by atoms with Crippen molar-refractivity contribution in [1.82, 2.24) is 10.3 Å². The minimum absolute atomic E-state index is 0.0159. The Morgan fingerprint density at radius 1 is 1.59 bits per heavy atom. The van der Waals surface area contributed by atoms with Crippen molar-refractivity contribution in [2.24, 2.45) is 0 Å². The number of ether oxygens (including phenoxy) is 1. The van der Waals surface area contributed by atoms with Crippen molar-refractivity contribution in [3.63, 3.8) is 0 Å². The highest BCUT2D eigenvalue weighted by atomic mass is 16.5. The van der Waals surface area contributed by atoms with Gasteiger partial charge < -0.3 is 15.8 Å². The van der Waals surface area contributed by atoms with E-state index in [-0.39, 0.29) is 11.9 Å². The molecule has 1 amide bonds. The summed E-state index contributed by atoms with van der Waals surface area (Å²) in [5, 5.41) is 2.89. The van der Waals surface area contributed by atoms with E-state index in [9.17, 15) is 4.79 Å². The Morgan fingerprint density at radius 2 is 2.29 bits per heavy atom. The number of nitrogen functional groups attached to an aromatic ring is 1. The van der Waals surface area contributed by atoms with E-state index in [0.717, 1.165) is 12.1 Å². The first-order chi connectivity index (χ1) is 8.06. The second-order valence-corrected chi connectivity index (χ2v) is 3.96. The van der Waals surface area contributed by atoms with Crippen molar-refractivity contribution >= 4 is 11.7 Å². The number of carbonyl (C=O) groups excluding carboxylic acids is 1. The number of nitrogens with zero attached hydrogens (tertiary/aromatic N) is 1. The minimum Gasteiger partial charge on any atom is -0.384 e. The predicted molar refractivity (Wildman–Crippen MR) is 66.8 cm³/mol. The van der Waals surface area contributed by atoms with Gasteiger partial charge >= 0.3 is 0 Å². The average Bonchev–Trinajstić information content (AvgIpc) is 2.27. The fourth-order valence-electron chi connectivity index (χ4n) is 1.56. The van der Waals surface area contributed by atoms with E-state index in [4.69, 9.17) is 10.5 Å². The van der Waals surface area contributed by atoms with Gasteiger partial charge in [-0.1, -0.05) is 6.92 Å².